The molecule has 13 heteroatoms. The lowest BCUT2D eigenvalue weighted by Gasteiger charge is -2.18. The van der Waals surface area contributed by atoms with E-state index in [1.54, 1.807) is 37.5 Å². The molecule has 2 heterocycles. The Hall–Kier alpha value is -4.78. The Kier molecular flexibility index (Phi) is 9.26. The first-order chi connectivity index (χ1) is 22.5. The second-order valence-electron chi connectivity index (χ2n) is 11.4. The number of halogens is 4. The monoisotopic (exact) mass is 661 g/mol. The van der Waals surface area contributed by atoms with Crippen molar-refractivity contribution >= 4 is 18.0 Å². The molecule has 0 N–H and O–H groups in total. The molecule has 5 aromatic rings. The zero-order valence-electron chi connectivity index (χ0n) is 25.7. The van der Waals surface area contributed by atoms with E-state index in [1.807, 2.05) is 33.4 Å². The van der Waals surface area contributed by atoms with E-state index in [9.17, 15) is 22.4 Å². The van der Waals surface area contributed by atoms with Crippen LogP contribution in [-0.4, -0.2) is 49.6 Å². The second-order valence-corrected chi connectivity index (χ2v) is 12.3. The van der Waals surface area contributed by atoms with Crippen molar-refractivity contribution in [3.8, 4) is 11.1 Å². The lowest BCUT2D eigenvalue weighted by Crippen LogP contribution is -2.23. The molecule has 1 aliphatic carbocycles. The van der Waals surface area contributed by atoms with Crippen LogP contribution < -0.4 is 5.56 Å². The van der Waals surface area contributed by atoms with Crippen LogP contribution in [0.25, 0.3) is 11.1 Å². The molecule has 6 rings (SSSR count). The van der Waals surface area contributed by atoms with E-state index in [1.165, 1.54) is 36.0 Å². The van der Waals surface area contributed by atoms with Crippen LogP contribution in [0, 0.1) is 5.82 Å². The Balaban J connectivity index is 1.31. The number of hydrogen-bond acceptors (Lipinski definition) is 7. The number of fused-ring (bicyclic) bond motifs is 1. The molecule has 1 aliphatic rings. The molecule has 242 valence electrons. The van der Waals surface area contributed by atoms with Crippen LogP contribution in [0.1, 0.15) is 46.0 Å². The number of nitrogens with zero attached hydrogens (tertiary/aromatic N) is 7. The summed E-state index contributed by atoms with van der Waals surface area (Å²) in [7, 11) is 3.61. The first kappa shape index (κ1) is 32.2. The molecule has 0 saturated heterocycles. The highest BCUT2D eigenvalue weighted by Crippen LogP contribution is 2.31. The first-order valence-electron chi connectivity index (χ1n) is 14.9. The van der Waals surface area contributed by atoms with Gasteiger partial charge >= 0.3 is 6.18 Å². The van der Waals surface area contributed by atoms with Gasteiger partial charge in [-0.05, 0) is 65.8 Å². The van der Waals surface area contributed by atoms with Gasteiger partial charge in [-0.15, -0.1) is 10.2 Å². The number of alkyl halides is 3. The van der Waals surface area contributed by atoms with Crippen molar-refractivity contribution in [1.29, 1.82) is 0 Å². The highest BCUT2D eigenvalue weighted by atomic mass is 32.2. The summed E-state index contributed by atoms with van der Waals surface area (Å²) in [6, 6.07) is 18.9. The number of hydrazone groups is 1. The molecule has 0 fully saturated rings. The zero-order chi connectivity index (χ0) is 33.1. The summed E-state index contributed by atoms with van der Waals surface area (Å²) in [6.07, 6.45) is -0.489. The van der Waals surface area contributed by atoms with Crippen molar-refractivity contribution in [2.24, 2.45) is 5.10 Å². The highest BCUT2D eigenvalue weighted by molar-refractivity contribution is 7.98. The van der Waals surface area contributed by atoms with Crippen molar-refractivity contribution in [2.75, 3.05) is 14.1 Å². The largest absolute Gasteiger partial charge is 0.416 e. The minimum atomic E-state index is -4.39. The lowest BCUT2D eigenvalue weighted by molar-refractivity contribution is -0.137. The van der Waals surface area contributed by atoms with Crippen LogP contribution in [0.15, 0.2) is 87.8 Å². The van der Waals surface area contributed by atoms with E-state index in [-0.39, 0.29) is 11.4 Å². The predicted molar refractivity (Wildman–Crippen MR) is 173 cm³/mol. The average molecular weight is 662 g/mol. The van der Waals surface area contributed by atoms with Crippen LogP contribution in [-0.2, 0) is 37.9 Å². The number of benzene rings is 3. The van der Waals surface area contributed by atoms with Crippen LogP contribution in [0.5, 0.6) is 0 Å². The van der Waals surface area contributed by atoms with Gasteiger partial charge in [-0.3, -0.25) is 4.79 Å². The van der Waals surface area contributed by atoms with E-state index in [4.69, 9.17) is 0 Å². The van der Waals surface area contributed by atoms with Gasteiger partial charge < -0.3 is 14.1 Å². The number of hydrogen-bond donors (Lipinski definition) is 0. The van der Waals surface area contributed by atoms with Gasteiger partial charge in [0, 0.05) is 31.1 Å². The van der Waals surface area contributed by atoms with Crippen molar-refractivity contribution in [3.63, 3.8) is 0 Å². The van der Waals surface area contributed by atoms with Gasteiger partial charge in [-0.25, -0.2) is 4.39 Å². The summed E-state index contributed by atoms with van der Waals surface area (Å²) in [4.78, 5) is 17.4. The number of aromatic nitrogens is 5. The summed E-state index contributed by atoms with van der Waals surface area (Å²) >= 11 is 1.41. The van der Waals surface area contributed by atoms with Crippen LogP contribution in [0.2, 0.25) is 0 Å². The fourth-order valence-corrected chi connectivity index (χ4v) is 6.43. The third kappa shape index (κ3) is 7.46. The van der Waals surface area contributed by atoms with E-state index < -0.39 is 11.7 Å². The molecule has 47 heavy (non-hydrogen) atoms. The van der Waals surface area contributed by atoms with Gasteiger partial charge in [0.2, 0.25) is 0 Å². The van der Waals surface area contributed by atoms with Gasteiger partial charge in [0.25, 0.3) is 5.56 Å². The standard InChI is InChI=1S/C34H31F4N7OS/c1-43(2)39-18-30-41-42-31(45(30)19-22-6-10-24(11-7-22)25-12-14-26(15-13-25)34(36,37)38)20-44-29-5-3-4-28(29)32(46)40-33(44)47-21-23-8-16-27(35)17-9-23/h6-18H,3-5,19-21H2,1-2H3. The number of thioether (sulfide) groups is 1. The van der Waals surface area contributed by atoms with Crippen molar-refractivity contribution < 1.29 is 17.6 Å². The van der Waals surface area contributed by atoms with E-state index in [0.717, 1.165) is 52.9 Å². The van der Waals surface area contributed by atoms with Crippen molar-refractivity contribution in [3.05, 3.63) is 129 Å². The zero-order valence-corrected chi connectivity index (χ0v) is 26.5. The van der Waals surface area contributed by atoms with Gasteiger partial charge in [-0.2, -0.15) is 23.3 Å². The maximum Gasteiger partial charge on any atom is 0.416 e. The molecule has 3 aromatic carbocycles. The fraction of sp³-hybridized carbons (Fsp3) is 0.265. The van der Waals surface area contributed by atoms with Gasteiger partial charge in [-0.1, -0.05) is 60.3 Å². The Morgan fingerprint density at radius 2 is 1.53 bits per heavy atom. The summed E-state index contributed by atoms with van der Waals surface area (Å²) in [5.74, 6) is 1.37. The average Bonchev–Trinajstić information content (AvgIpc) is 3.69. The van der Waals surface area contributed by atoms with Crippen LogP contribution >= 0.6 is 11.8 Å². The van der Waals surface area contributed by atoms with E-state index in [2.05, 4.69) is 20.3 Å². The molecule has 0 radical (unpaired) electrons. The third-order valence-corrected chi connectivity index (χ3v) is 8.93. The normalized spacial score (nSPS) is 13.0. The molecule has 0 amide bonds. The molecule has 0 aliphatic heterocycles. The quantitative estimate of drug-likeness (QED) is 0.0564. The summed E-state index contributed by atoms with van der Waals surface area (Å²) in [5.41, 5.74) is 4.05. The van der Waals surface area contributed by atoms with Crippen LogP contribution in [0.3, 0.4) is 0 Å². The maximum atomic E-state index is 13.5. The molecular formula is C34H31F4N7OS. The maximum absolute atomic E-state index is 13.5. The van der Waals surface area contributed by atoms with Crippen molar-refractivity contribution in [2.45, 2.75) is 49.4 Å². The van der Waals surface area contributed by atoms with E-state index >= 15 is 0 Å². The van der Waals surface area contributed by atoms with Gasteiger partial charge in [0.05, 0.1) is 24.9 Å². The smallest absolute Gasteiger partial charge is 0.316 e. The Morgan fingerprint density at radius 1 is 0.872 bits per heavy atom. The molecule has 0 unspecified atom stereocenters. The molecule has 0 bridgehead atoms. The fourth-order valence-electron chi connectivity index (χ4n) is 5.47. The van der Waals surface area contributed by atoms with Gasteiger partial charge in [0.15, 0.2) is 16.8 Å². The molecule has 0 atom stereocenters. The van der Waals surface area contributed by atoms with Crippen molar-refractivity contribution in [1.82, 2.24) is 29.3 Å². The molecule has 0 saturated carbocycles. The third-order valence-electron chi connectivity index (χ3n) is 7.88. The summed E-state index contributed by atoms with van der Waals surface area (Å²) in [6.45, 7) is 0.714. The molecule has 8 nitrogen and oxygen atoms in total. The topological polar surface area (TPSA) is 81.2 Å². The predicted octanol–water partition coefficient (Wildman–Crippen LogP) is 6.43. The van der Waals surface area contributed by atoms with Gasteiger partial charge in [0.1, 0.15) is 5.82 Å². The Morgan fingerprint density at radius 3 is 2.19 bits per heavy atom. The Labute approximate surface area is 272 Å². The highest BCUT2D eigenvalue weighted by Gasteiger charge is 2.30. The van der Waals surface area contributed by atoms with E-state index in [0.29, 0.717) is 47.6 Å². The summed E-state index contributed by atoms with van der Waals surface area (Å²) < 4.78 is 56.5. The molecule has 2 aromatic heterocycles. The first-order valence-corrected chi connectivity index (χ1v) is 15.9. The minimum Gasteiger partial charge on any atom is -0.316 e. The second kappa shape index (κ2) is 13.5. The van der Waals surface area contributed by atoms with Crippen LogP contribution in [0.4, 0.5) is 17.6 Å². The number of rotatable bonds is 10. The molecule has 0 spiro atoms. The minimum absolute atomic E-state index is 0.219. The summed E-state index contributed by atoms with van der Waals surface area (Å²) in [5, 5.41) is 15.5. The lowest BCUT2D eigenvalue weighted by atomic mass is 10.0. The Bertz CT molecular complexity index is 1950. The SMILES string of the molecule is CN(C)N=Cc1nnc(Cn2c(SCc3ccc(F)cc3)nc(=O)c3c2CCC3)n1Cc1ccc(-c2ccc(C(F)(F)F)cc2)cc1. The molecular weight excluding hydrogens is 630 g/mol.